The number of hydrogen-bond acceptors (Lipinski definition) is 5. The Bertz CT molecular complexity index is 844. The third-order valence-corrected chi connectivity index (χ3v) is 5.17. The number of benzene rings is 2. The molecule has 0 atom stereocenters. The predicted octanol–water partition coefficient (Wildman–Crippen LogP) is 3.16. The van der Waals surface area contributed by atoms with Crippen molar-refractivity contribution in [2.75, 3.05) is 13.7 Å². The molecule has 0 saturated heterocycles. The summed E-state index contributed by atoms with van der Waals surface area (Å²) in [5.41, 5.74) is 0.459. The lowest BCUT2D eigenvalue weighted by atomic mass is 10.1. The molecule has 0 aliphatic carbocycles. The molecular weight excluding hydrogens is 347 g/mol. The maximum atomic E-state index is 13.1. The fourth-order valence-electron chi connectivity index (χ4n) is 2.18. The number of hydrogen-bond donors (Lipinski definition) is 0. The van der Waals surface area contributed by atoms with Crippen molar-refractivity contribution in [2.45, 2.75) is 29.6 Å². The van der Waals surface area contributed by atoms with Gasteiger partial charge in [-0.05, 0) is 54.4 Å². The number of sulfone groups is 1. The molecule has 0 aliphatic rings. The first-order valence-electron chi connectivity index (χ1n) is 7.71. The van der Waals surface area contributed by atoms with Gasteiger partial charge < -0.3 is 9.47 Å². The van der Waals surface area contributed by atoms with E-state index in [2.05, 4.69) is 4.74 Å². The zero-order valence-corrected chi connectivity index (χ0v) is 14.8. The van der Waals surface area contributed by atoms with Crippen LogP contribution in [0.1, 0.15) is 18.9 Å². The Morgan fingerprint density at radius 3 is 2.36 bits per heavy atom. The molecule has 0 aromatic heterocycles. The second-order valence-electron chi connectivity index (χ2n) is 5.37. The van der Waals surface area contributed by atoms with Crippen LogP contribution in [0.4, 0.5) is 4.39 Å². The number of halogens is 1. The highest BCUT2D eigenvalue weighted by atomic mass is 32.2. The number of carbonyl (C=O) groups excluding carboxylic acids is 1. The molecule has 0 amide bonds. The molecule has 0 radical (unpaired) electrons. The Labute approximate surface area is 146 Å². The zero-order chi connectivity index (χ0) is 18.4. The van der Waals surface area contributed by atoms with E-state index >= 15 is 0 Å². The Balaban J connectivity index is 2.48. The van der Waals surface area contributed by atoms with Crippen molar-refractivity contribution in [3.05, 3.63) is 53.8 Å². The molecule has 0 spiro atoms. The highest BCUT2D eigenvalue weighted by molar-refractivity contribution is 7.91. The van der Waals surface area contributed by atoms with Crippen molar-refractivity contribution >= 4 is 15.8 Å². The molecule has 0 saturated carbocycles. The molecular formula is C18H19FO5S. The second kappa shape index (κ2) is 8.11. The van der Waals surface area contributed by atoms with Crippen molar-refractivity contribution in [1.82, 2.24) is 0 Å². The summed E-state index contributed by atoms with van der Waals surface area (Å²) in [6.45, 7) is 2.34. The van der Waals surface area contributed by atoms with Crippen LogP contribution in [0.3, 0.4) is 0 Å². The molecule has 0 bridgehead atoms. The van der Waals surface area contributed by atoms with Crippen LogP contribution in [0, 0.1) is 5.82 Å². The number of rotatable bonds is 7. The number of methoxy groups -OCH3 is 1. The fraction of sp³-hybridized carbons (Fsp3) is 0.278. The van der Waals surface area contributed by atoms with Gasteiger partial charge in [-0.3, -0.25) is 4.79 Å². The zero-order valence-electron chi connectivity index (χ0n) is 14.0. The van der Waals surface area contributed by atoms with E-state index in [1.807, 2.05) is 6.92 Å². The van der Waals surface area contributed by atoms with E-state index in [9.17, 15) is 17.6 Å². The third-order valence-electron chi connectivity index (χ3n) is 3.42. The summed E-state index contributed by atoms with van der Waals surface area (Å²) in [4.78, 5) is 11.5. The van der Waals surface area contributed by atoms with Gasteiger partial charge in [0, 0.05) is 0 Å². The van der Waals surface area contributed by atoms with Crippen LogP contribution >= 0.6 is 0 Å². The van der Waals surface area contributed by atoms with E-state index in [0.717, 1.165) is 18.6 Å². The Kier molecular flexibility index (Phi) is 6.14. The van der Waals surface area contributed by atoms with Gasteiger partial charge in [0.15, 0.2) is 0 Å². The van der Waals surface area contributed by atoms with Crippen molar-refractivity contribution < 1.29 is 27.1 Å². The van der Waals surface area contributed by atoms with Crippen LogP contribution in [-0.2, 0) is 25.8 Å². The normalized spacial score (nSPS) is 11.2. The predicted molar refractivity (Wildman–Crippen MR) is 89.8 cm³/mol. The Morgan fingerprint density at radius 2 is 1.76 bits per heavy atom. The Morgan fingerprint density at radius 1 is 1.08 bits per heavy atom. The standard InChI is InChI=1S/C18H19FO5S/c1-3-8-24-15-9-13(11-18(20)23-2)10-17(12-15)25(21,22)16-6-4-14(19)5-7-16/h4-7,9-10,12H,3,8,11H2,1-2H3. The van der Waals surface area contributed by atoms with Crippen molar-refractivity contribution in [3.63, 3.8) is 0 Å². The molecule has 0 heterocycles. The number of carbonyl (C=O) groups is 1. The minimum absolute atomic E-state index is 0.0217. The molecule has 0 N–H and O–H groups in total. The summed E-state index contributed by atoms with van der Waals surface area (Å²) in [6, 6.07) is 8.97. The van der Waals surface area contributed by atoms with E-state index < -0.39 is 21.6 Å². The lowest BCUT2D eigenvalue weighted by Crippen LogP contribution is -2.08. The van der Waals surface area contributed by atoms with Crippen LogP contribution in [0.15, 0.2) is 52.3 Å². The number of esters is 1. The van der Waals surface area contributed by atoms with E-state index in [1.165, 1.54) is 31.4 Å². The lowest BCUT2D eigenvalue weighted by Gasteiger charge is -2.11. The van der Waals surface area contributed by atoms with Gasteiger partial charge in [0.05, 0.1) is 29.9 Å². The maximum Gasteiger partial charge on any atom is 0.309 e. The average molecular weight is 366 g/mol. The first-order valence-corrected chi connectivity index (χ1v) is 9.19. The first-order chi connectivity index (χ1) is 11.9. The summed E-state index contributed by atoms with van der Waals surface area (Å²) in [5.74, 6) is -0.660. The minimum atomic E-state index is -3.87. The Hall–Kier alpha value is -2.41. The van der Waals surface area contributed by atoms with Gasteiger partial charge in [-0.25, -0.2) is 12.8 Å². The van der Waals surface area contributed by atoms with Crippen molar-refractivity contribution in [3.8, 4) is 5.75 Å². The van der Waals surface area contributed by atoms with Crippen LogP contribution in [0.25, 0.3) is 0 Å². The smallest absolute Gasteiger partial charge is 0.309 e. The van der Waals surface area contributed by atoms with E-state index in [-0.39, 0.29) is 16.2 Å². The van der Waals surface area contributed by atoms with Gasteiger partial charge >= 0.3 is 5.97 Å². The maximum absolute atomic E-state index is 13.1. The molecule has 7 heteroatoms. The van der Waals surface area contributed by atoms with E-state index in [0.29, 0.717) is 17.9 Å². The van der Waals surface area contributed by atoms with Gasteiger partial charge in [0.2, 0.25) is 9.84 Å². The SMILES string of the molecule is CCCOc1cc(CC(=O)OC)cc(S(=O)(=O)c2ccc(F)cc2)c1. The van der Waals surface area contributed by atoms with Gasteiger partial charge in [-0.1, -0.05) is 6.92 Å². The molecule has 2 aromatic rings. The monoisotopic (exact) mass is 366 g/mol. The van der Waals surface area contributed by atoms with Crippen molar-refractivity contribution in [2.24, 2.45) is 0 Å². The molecule has 2 rings (SSSR count). The van der Waals surface area contributed by atoms with E-state index in [4.69, 9.17) is 4.74 Å². The molecule has 0 aliphatic heterocycles. The average Bonchev–Trinajstić information content (AvgIpc) is 2.60. The van der Waals surface area contributed by atoms with Crippen LogP contribution in [0.2, 0.25) is 0 Å². The third kappa shape index (κ3) is 4.79. The summed E-state index contributed by atoms with van der Waals surface area (Å²) in [6.07, 6.45) is 0.674. The van der Waals surface area contributed by atoms with Crippen LogP contribution in [0.5, 0.6) is 5.75 Å². The highest BCUT2D eigenvalue weighted by Gasteiger charge is 2.20. The first kappa shape index (κ1) is 18.9. The molecule has 134 valence electrons. The van der Waals surface area contributed by atoms with E-state index in [1.54, 1.807) is 6.07 Å². The summed E-state index contributed by atoms with van der Waals surface area (Å²) in [7, 11) is -2.61. The summed E-state index contributed by atoms with van der Waals surface area (Å²) < 4.78 is 48.8. The molecule has 25 heavy (non-hydrogen) atoms. The number of ether oxygens (including phenoxy) is 2. The van der Waals surface area contributed by atoms with Gasteiger partial charge in [-0.15, -0.1) is 0 Å². The van der Waals surface area contributed by atoms with Crippen LogP contribution in [-0.4, -0.2) is 28.1 Å². The minimum Gasteiger partial charge on any atom is -0.494 e. The van der Waals surface area contributed by atoms with Gasteiger partial charge in [0.25, 0.3) is 0 Å². The largest absolute Gasteiger partial charge is 0.494 e. The fourth-order valence-corrected chi connectivity index (χ4v) is 3.52. The summed E-state index contributed by atoms with van der Waals surface area (Å²) >= 11 is 0. The topological polar surface area (TPSA) is 69.7 Å². The molecule has 5 nitrogen and oxygen atoms in total. The van der Waals surface area contributed by atoms with Gasteiger partial charge in [-0.2, -0.15) is 0 Å². The van der Waals surface area contributed by atoms with Crippen LogP contribution < -0.4 is 4.74 Å². The highest BCUT2D eigenvalue weighted by Crippen LogP contribution is 2.27. The van der Waals surface area contributed by atoms with Gasteiger partial charge in [0.1, 0.15) is 11.6 Å². The quantitative estimate of drug-likeness (QED) is 0.556. The second-order valence-corrected chi connectivity index (χ2v) is 7.32. The molecule has 2 aromatic carbocycles. The lowest BCUT2D eigenvalue weighted by molar-refractivity contribution is -0.139. The molecule has 0 fully saturated rings. The molecule has 0 unspecified atom stereocenters. The van der Waals surface area contributed by atoms with Crippen molar-refractivity contribution in [1.29, 1.82) is 0 Å². The summed E-state index contributed by atoms with van der Waals surface area (Å²) in [5, 5.41) is 0.